The number of rotatable bonds is 3. The first kappa shape index (κ1) is 14.1. The summed E-state index contributed by atoms with van der Waals surface area (Å²) in [5, 5.41) is 4.14. The van der Waals surface area contributed by atoms with E-state index in [0.29, 0.717) is 6.54 Å². The molecule has 0 radical (unpaired) electrons. The lowest BCUT2D eigenvalue weighted by molar-refractivity contribution is 0.580. The topological polar surface area (TPSA) is 17.0 Å². The molecular weight excluding hydrogens is 338 g/mol. The quantitative estimate of drug-likeness (QED) is 0.669. The minimum Gasteiger partial charge on any atom is -0.378 e. The predicted octanol–water partition coefficient (Wildman–Crippen LogP) is 4.83. The highest BCUT2D eigenvalue weighted by Crippen LogP contribution is 2.26. The number of anilines is 1. The molecule has 0 saturated carbocycles. The van der Waals surface area contributed by atoms with Gasteiger partial charge in [-0.05, 0) is 33.6 Å². The monoisotopic (exact) mass is 350 g/mol. The van der Waals surface area contributed by atoms with Crippen molar-refractivity contribution < 1.29 is 8.78 Å². The van der Waals surface area contributed by atoms with Crippen LogP contribution in [0.25, 0.3) is 10.9 Å². The molecule has 5 heteroatoms. The molecule has 0 bridgehead atoms. The third kappa shape index (κ3) is 2.65. The van der Waals surface area contributed by atoms with Crippen LogP contribution in [0.4, 0.5) is 14.5 Å². The van der Waals surface area contributed by atoms with Crippen LogP contribution >= 0.6 is 15.9 Å². The van der Waals surface area contributed by atoms with Gasteiger partial charge in [0.15, 0.2) is 0 Å². The molecule has 0 aliphatic heterocycles. The Kier molecular flexibility index (Phi) is 3.68. The highest BCUT2D eigenvalue weighted by atomic mass is 79.9. The summed E-state index contributed by atoms with van der Waals surface area (Å²) in [7, 11) is 1.97. The van der Waals surface area contributed by atoms with E-state index in [9.17, 15) is 8.78 Å². The van der Waals surface area contributed by atoms with Crippen LogP contribution in [0.5, 0.6) is 0 Å². The van der Waals surface area contributed by atoms with E-state index in [1.54, 1.807) is 0 Å². The van der Waals surface area contributed by atoms with Crippen molar-refractivity contribution in [1.29, 1.82) is 0 Å². The van der Waals surface area contributed by atoms with Crippen molar-refractivity contribution in [1.82, 2.24) is 4.57 Å². The van der Waals surface area contributed by atoms with Gasteiger partial charge in [-0.15, -0.1) is 0 Å². The van der Waals surface area contributed by atoms with Gasteiger partial charge in [0, 0.05) is 36.8 Å². The van der Waals surface area contributed by atoms with Crippen LogP contribution in [0.1, 0.15) is 5.56 Å². The highest BCUT2D eigenvalue weighted by molar-refractivity contribution is 9.10. The summed E-state index contributed by atoms with van der Waals surface area (Å²) >= 11 is 3.06. The van der Waals surface area contributed by atoms with Crippen LogP contribution in [0.15, 0.2) is 47.1 Å². The summed E-state index contributed by atoms with van der Waals surface area (Å²) in [4.78, 5) is 0. The predicted molar refractivity (Wildman–Crippen MR) is 84.3 cm³/mol. The Morgan fingerprint density at radius 3 is 2.71 bits per heavy atom. The minimum atomic E-state index is -0.608. The van der Waals surface area contributed by atoms with Crippen molar-refractivity contribution in [2.24, 2.45) is 7.05 Å². The van der Waals surface area contributed by atoms with Gasteiger partial charge >= 0.3 is 0 Å². The smallest absolute Gasteiger partial charge is 0.149 e. The summed E-state index contributed by atoms with van der Waals surface area (Å²) in [6.45, 7) is 0.469. The normalized spacial score (nSPS) is 11.0. The summed E-state index contributed by atoms with van der Waals surface area (Å²) in [5.41, 5.74) is 2.46. The van der Waals surface area contributed by atoms with Crippen LogP contribution in [-0.2, 0) is 13.6 Å². The third-order valence-corrected chi connectivity index (χ3v) is 4.07. The van der Waals surface area contributed by atoms with Crippen molar-refractivity contribution in [2.45, 2.75) is 6.54 Å². The number of hydrogen-bond donors (Lipinski definition) is 1. The van der Waals surface area contributed by atoms with E-state index < -0.39 is 11.6 Å². The molecule has 21 heavy (non-hydrogen) atoms. The summed E-state index contributed by atoms with van der Waals surface area (Å²) in [6.07, 6.45) is 2.01. The average molecular weight is 351 g/mol. The first-order valence-electron chi connectivity index (χ1n) is 6.47. The molecule has 0 saturated heterocycles. The van der Waals surface area contributed by atoms with Crippen LogP contribution < -0.4 is 5.32 Å². The number of fused-ring (bicyclic) bond motifs is 1. The Hall–Kier alpha value is -1.88. The van der Waals surface area contributed by atoms with Crippen molar-refractivity contribution in [3.63, 3.8) is 0 Å². The molecule has 108 valence electrons. The zero-order chi connectivity index (χ0) is 15.0. The molecule has 1 N–H and O–H groups in total. The zero-order valence-corrected chi connectivity index (χ0v) is 12.9. The maximum absolute atomic E-state index is 13.7. The fourth-order valence-corrected chi connectivity index (χ4v) is 2.76. The van der Waals surface area contributed by atoms with Gasteiger partial charge in [-0.3, -0.25) is 0 Å². The largest absolute Gasteiger partial charge is 0.378 e. The maximum atomic E-state index is 13.7. The maximum Gasteiger partial charge on any atom is 0.149 e. The van der Waals surface area contributed by atoms with Gasteiger partial charge in [0.25, 0.3) is 0 Å². The second-order valence-electron chi connectivity index (χ2n) is 4.88. The number of nitrogens with zero attached hydrogens (tertiary/aromatic N) is 1. The van der Waals surface area contributed by atoms with Crippen LogP contribution in [0, 0.1) is 11.6 Å². The fourth-order valence-electron chi connectivity index (χ4n) is 2.41. The molecule has 3 aromatic rings. The molecule has 0 aliphatic carbocycles. The Morgan fingerprint density at radius 1 is 1.14 bits per heavy atom. The average Bonchev–Trinajstić information content (AvgIpc) is 2.79. The molecule has 0 atom stereocenters. The molecule has 3 rings (SSSR count). The molecule has 2 aromatic carbocycles. The van der Waals surface area contributed by atoms with Gasteiger partial charge in [0.05, 0.1) is 10.2 Å². The van der Waals surface area contributed by atoms with E-state index in [0.717, 1.165) is 22.5 Å². The SMILES string of the molecule is Cn1cc(CNc2cc(Br)c(F)cc2F)c2ccccc21. The number of halogens is 3. The zero-order valence-electron chi connectivity index (χ0n) is 11.3. The van der Waals surface area contributed by atoms with Crippen molar-refractivity contribution in [3.8, 4) is 0 Å². The van der Waals surface area contributed by atoms with Gasteiger partial charge in [-0.2, -0.15) is 0 Å². The Bertz CT molecular complexity index is 811. The van der Waals surface area contributed by atoms with E-state index >= 15 is 0 Å². The number of para-hydroxylation sites is 1. The van der Waals surface area contributed by atoms with Gasteiger partial charge in [0.1, 0.15) is 11.6 Å². The molecule has 0 unspecified atom stereocenters. The lowest BCUT2D eigenvalue weighted by Crippen LogP contribution is -2.02. The van der Waals surface area contributed by atoms with E-state index in [1.165, 1.54) is 6.07 Å². The number of benzene rings is 2. The van der Waals surface area contributed by atoms with E-state index in [1.807, 2.05) is 42.1 Å². The van der Waals surface area contributed by atoms with Crippen molar-refractivity contribution in [3.05, 3.63) is 64.3 Å². The molecule has 0 fully saturated rings. The Labute approximate surface area is 129 Å². The van der Waals surface area contributed by atoms with Gasteiger partial charge in [-0.1, -0.05) is 18.2 Å². The molecule has 0 amide bonds. The summed E-state index contributed by atoms with van der Waals surface area (Å²) < 4.78 is 29.2. The molecule has 0 aliphatic rings. The molecule has 0 spiro atoms. The van der Waals surface area contributed by atoms with Crippen LogP contribution in [-0.4, -0.2) is 4.57 Å². The minimum absolute atomic E-state index is 0.240. The first-order chi connectivity index (χ1) is 10.1. The van der Waals surface area contributed by atoms with E-state index in [4.69, 9.17) is 0 Å². The van der Waals surface area contributed by atoms with Crippen LogP contribution in [0.2, 0.25) is 0 Å². The second-order valence-corrected chi connectivity index (χ2v) is 5.74. The van der Waals surface area contributed by atoms with Gasteiger partial charge < -0.3 is 9.88 Å². The number of hydrogen-bond acceptors (Lipinski definition) is 1. The Balaban J connectivity index is 1.89. The highest BCUT2D eigenvalue weighted by Gasteiger charge is 2.10. The Morgan fingerprint density at radius 2 is 1.90 bits per heavy atom. The standard InChI is InChI=1S/C16H13BrF2N2/c1-21-9-10(11-4-2-3-5-16(11)21)8-20-15-6-12(17)13(18)7-14(15)19/h2-7,9,20H,8H2,1H3. The van der Waals surface area contributed by atoms with Gasteiger partial charge in [0.2, 0.25) is 0 Å². The summed E-state index contributed by atoms with van der Waals surface area (Å²) in [6, 6.07) is 10.3. The fraction of sp³-hybridized carbons (Fsp3) is 0.125. The molecular formula is C16H13BrF2N2. The first-order valence-corrected chi connectivity index (χ1v) is 7.27. The number of aromatic nitrogens is 1. The number of aryl methyl sites for hydroxylation is 1. The third-order valence-electron chi connectivity index (χ3n) is 3.46. The molecule has 1 heterocycles. The van der Waals surface area contributed by atoms with Crippen molar-refractivity contribution >= 4 is 32.5 Å². The lowest BCUT2D eigenvalue weighted by atomic mass is 10.1. The molecule has 2 nitrogen and oxygen atoms in total. The van der Waals surface area contributed by atoms with Crippen LogP contribution in [0.3, 0.4) is 0 Å². The van der Waals surface area contributed by atoms with Gasteiger partial charge in [-0.25, -0.2) is 8.78 Å². The van der Waals surface area contributed by atoms with E-state index in [2.05, 4.69) is 21.2 Å². The van der Waals surface area contributed by atoms with E-state index in [-0.39, 0.29) is 10.2 Å². The molecule has 1 aromatic heterocycles. The summed E-state index contributed by atoms with van der Waals surface area (Å²) in [5.74, 6) is -1.21. The lowest BCUT2D eigenvalue weighted by Gasteiger charge is -2.08. The second kappa shape index (κ2) is 5.48. The number of nitrogens with one attached hydrogen (secondary N) is 1. The van der Waals surface area contributed by atoms with Crippen molar-refractivity contribution in [2.75, 3.05) is 5.32 Å².